The van der Waals surface area contributed by atoms with Gasteiger partial charge in [0.2, 0.25) is 5.75 Å². The summed E-state index contributed by atoms with van der Waals surface area (Å²) in [7, 11) is 4.53. The van der Waals surface area contributed by atoms with Gasteiger partial charge < -0.3 is 24.4 Å². The smallest absolute Gasteiger partial charge is 0.203 e. The van der Waals surface area contributed by atoms with E-state index in [-0.39, 0.29) is 11.5 Å². The standard InChI is InChI=1S/C15H16N2O5/c1-20-13-7-10(8-14(21-2)15(13)22-3)17-16-9-4-5-11(18)12(19)6-9/h4-8,18-19H,1-3H3. The number of azo groups is 1. The molecule has 0 aliphatic carbocycles. The summed E-state index contributed by atoms with van der Waals surface area (Å²) in [5.41, 5.74) is 0.881. The number of methoxy groups -OCH3 is 3. The van der Waals surface area contributed by atoms with Gasteiger partial charge in [-0.05, 0) is 12.1 Å². The number of phenolic OH excluding ortho intramolecular Hbond substituents is 2. The molecule has 0 radical (unpaired) electrons. The van der Waals surface area contributed by atoms with E-state index in [9.17, 15) is 10.2 Å². The van der Waals surface area contributed by atoms with Crippen molar-refractivity contribution in [2.45, 2.75) is 0 Å². The minimum atomic E-state index is -0.263. The fraction of sp³-hybridized carbons (Fsp3) is 0.200. The summed E-state index contributed by atoms with van der Waals surface area (Å²) in [6.45, 7) is 0. The predicted molar refractivity (Wildman–Crippen MR) is 80.0 cm³/mol. The first-order chi connectivity index (χ1) is 10.6. The molecule has 0 unspecified atom stereocenters. The van der Waals surface area contributed by atoms with Crippen LogP contribution in [0, 0.1) is 0 Å². The molecule has 0 saturated heterocycles. The highest BCUT2D eigenvalue weighted by atomic mass is 16.5. The second kappa shape index (κ2) is 6.66. The average Bonchev–Trinajstić information content (AvgIpc) is 2.54. The zero-order valence-electron chi connectivity index (χ0n) is 12.4. The summed E-state index contributed by atoms with van der Waals surface area (Å²) < 4.78 is 15.7. The number of rotatable bonds is 5. The van der Waals surface area contributed by atoms with Crippen molar-refractivity contribution in [2.75, 3.05) is 21.3 Å². The molecule has 2 aromatic rings. The number of nitrogens with zero attached hydrogens (tertiary/aromatic N) is 2. The van der Waals surface area contributed by atoms with Gasteiger partial charge in [0.1, 0.15) is 0 Å². The highest BCUT2D eigenvalue weighted by molar-refractivity contribution is 5.60. The molecule has 0 spiro atoms. The van der Waals surface area contributed by atoms with E-state index in [4.69, 9.17) is 14.2 Å². The van der Waals surface area contributed by atoms with Crippen LogP contribution in [0.2, 0.25) is 0 Å². The van der Waals surface area contributed by atoms with Crippen molar-refractivity contribution in [3.8, 4) is 28.7 Å². The van der Waals surface area contributed by atoms with Crippen molar-refractivity contribution < 1.29 is 24.4 Å². The average molecular weight is 304 g/mol. The topological polar surface area (TPSA) is 92.9 Å². The van der Waals surface area contributed by atoms with E-state index in [1.165, 1.54) is 39.5 Å². The largest absolute Gasteiger partial charge is 0.504 e. The van der Waals surface area contributed by atoms with Gasteiger partial charge in [0.15, 0.2) is 23.0 Å². The Kier molecular flexibility index (Phi) is 4.67. The monoisotopic (exact) mass is 304 g/mol. The lowest BCUT2D eigenvalue weighted by Crippen LogP contribution is -1.94. The van der Waals surface area contributed by atoms with Crippen LogP contribution in [0.3, 0.4) is 0 Å². The van der Waals surface area contributed by atoms with Gasteiger partial charge in [-0.25, -0.2) is 0 Å². The summed E-state index contributed by atoms with van der Waals surface area (Å²) in [5.74, 6) is 0.910. The number of benzene rings is 2. The number of ether oxygens (including phenoxy) is 3. The minimum Gasteiger partial charge on any atom is -0.504 e. The van der Waals surface area contributed by atoms with Gasteiger partial charge in [0.25, 0.3) is 0 Å². The molecule has 0 aliphatic heterocycles. The number of hydrogen-bond donors (Lipinski definition) is 2. The summed E-state index contributed by atoms with van der Waals surface area (Å²) in [5, 5.41) is 26.7. The molecule has 0 saturated carbocycles. The van der Waals surface area contributed by atoms with Crippen LogP contribution in [0.25, 0.3) is 0 Å². The van der Waals surface area contributed by atoms with Gasteiger partial charge in [0.05, 0.1) is 32.7 Å². The first-order valence-corrected chi connectivity index (χ1v) is 6.32. The van der Waals surface area contributed by atoms with Crippen molar-refractivity contribution in [3.63, 3.8) is 0 Å². The van der Waals surface area contributed by atoms with Gasteiger partial charge in [-0.2, -0.15) is 10.2 Å². The van der Waals surface area contributed by atoms with Crippen LogP contribution in [0.5, 0.6) is 28.7 Å². The van der Waals surface area contributed by atoms with E-state index in [0.29, 0.717) is 28.6 Å². The fourth-order valence-electron chi connectivity index (χ4n) is 1.81. The Morgan fingerprint density at radius 2 is 1.32 bits per heavy atom. The predicted octanol–water partition coefficient (Wildman–Crippen LogP) is 3.54. The highest BCUT2D eigenvalue weighted by Gasteiger charge is 2.13. The van der Waals surface area contributed by atoms with Crippen LogP contribution in [-0.2, 0) is 0 Å². The molecular weight excluding hydrogens is 288 g/mol. The first kappa shape index (κ1) is 15.4. The molecule has 0 aliphatic rings. The fourth-order valence-corrected chi connectivity index (χ4v) is 1.81. The Hall–Kier alpha value is -2.96. The molecule has 2 rings (SSSR count). The molecule has 22 heavy (non-hydrogen) atoms. The Morgan fingerprint density at radius 3 is 1.82 bits per heavy atom. The van der Waals surface area contributed by atoms with Crippen LogP contribution >= 0.6 is 0 Å². The lowest BCUT2D eigenvalue weighted by Gasteiger charge is -2.12. The van der Waals surface area contributed by atoms with E-state index >= 15 is 0 Å². The molecule has 7 heteroatoms. The zero-order valence-corrected chi connectivity index (χ0v) is 12.4. The highest BCUT2D eigenvalue weighted by Crippen LogP contribution is 2.41. The molecule has 0 fully saturated rings. The van der Waals surface area contributed by atoms with Crippen LogP contribution < -0.4 is 14.2 Å². The van der Waals surface area contributed by atoms with Crippen molar-refractivity contribution in [2.24, 2.45) is 10.2 Å². The number of phenols is 2. The third kappa shape index (κ3) is 3.20. The van der Waals surface area contributed by atoms with Crippen molar-refractivity contribution >= 4 is 11.4 Å². The molecule has 0 bridgehead atoms. The molecule has 0 amide bonds. The van der Waals surface area contributed by atoms with Gasteiger partial charge in [-0.1, -0.05) is 0 Å². The third-order valence-electron chi connectivity index (χ3n) is 2.89. The van der Waals surface area contributed by atoms with E-state index in [1.54, 1.807) is 12.1 Å². The Bertz CT molecular complexity index is 675. The maximum absolute atomic E-state index is 9.42. The van der Waals surface area contributed by atoms with Gasteiger partial charge in [-0.3, -0.25) is 0 Å². The van der Waals surface area contributed by atoms with Crippen LogP contribution in [0.1, 0.15) is 0 Å². The third-order valence-corrected chi connectivity index (χ3v) is 2.89. The van der Waals surface area contributed by atoms with Crippen LogP contribution in [0.4, 0.5) is 11.4 Å². The quantitative estimate of drug-likeness (QED) is 0.651. The number of aromatic hydroxyl groups is 2. The molecule has 2 N–H and O–H groups in total. The lowest BCUT2D eigenvalue weighted by molar-refractivity contribution is 0.324. The molecular formula is C15H16N2O5. The minimum absolute atomic E-state index is 0.216. The van der Waals surface area contributed by atoms with E-state index in [2.05, 4.69) is 10.2 Å². The summed E-state index contributed by atoms with van der Waals surface area (Å²) >= 11 is 0. The summed E-state index contributed by atoms with van der Waals surface area (Å²) in [6, 6.07) is 7.45. The van der Waals surface area contributed by atoms with Crippen LogP contribution in [-0.4, -0.2) is 31.5 Å². The number of hydrogen-bond acceptors (Lipinski definition) is 7. The maximum atomic E-state index is 9.42. The Morgan fingerprint density at radius 1 is 0.727 bits per heavy atom. The Balaban J connectivity index is 2.36. The van der Waals surface area contributed by atoms with Gasteiger partial charge in [0, 0.05) is 18.2 Å². The lowest BCUT2D eigenvalue weighted by atomic mass is 10.2. The van der Waals surface area contributed by atoms with E-state index < -0.39 is 0 Å². The van der Waals surface area contributed by atoms with Crippen molar-refractivity contribution in [3.05, 3.63) is 30.3 Å². The molecule has 7 nitrogen and oxygen atoms in total. The first-order valence-electron chi connectivity index (χ1n) is 6.32. The maximum Gasteiger partial charge on any atom is 0.203 e. The molecule has 0 heterocycles. The summed E-state index contributed by atoms with van der Waals surface area (Å²) in [4.78, 5) is 0. The second-order valence-corrected chi connectivity index (χ2v) is 4.26. The SMILES string of the molecule is COc1cc(N=Nc2ccc(O)c(O)c2)cc(OC)c1OC. The molecule has 116 valence electrons. The van der Waals surface area contributed by atoms with Gasteiger partial charge in [-0.15, -0.1) is 0 Å². The van der Waals surface area contributed by atoms with Crippen molar-refractivity contribution in [1.82, 2.24) is 0 Å². The normalized spacial score (nSPS) is 10.7. The second-order valence-electron chi connectivity index (χ2n) is 4.26. The molecule has 0 aromatic heterocycles. The zero-order chi connectivity index (χ0) is 16.1. The summed E-state index contributed by atoms with van der Waals surface area (Å²) in [6.07, 6.45) is 0. The molecule has 2 aromatic carbocycles. The van der Waals surface area contributed by atoms with Gasteiger partial charge >= 0.3 is 0 Å². The van der Waals surface area contributed by atoms with E-state index in [1.807, 2.05) is 0 Å². The van der Waals surface area contributed by atoms with E-state index in [0.717, 1.165) is 0 Å². The Labute approximate surface area is 127 Å². The molecule has 0 atom stereocenters. The van der Waals surface area contributed by atoms with Crippen LogP contribution in [0.15, 0.2) is 40.6 Å². The van der Waals surface area contributed by atoms with Crippen molar-refractivity contribution in [1.29, 1.82) is 0 Å².